The highest BCUT2D eigenvalue weighted by atomic mass is 79.9. The fourth-order valence-electron chi connectivity index (χ4n) is 3.68. The van der Waals surface area contributed by atoms with Gasteiger partial charge in [0.15, 0.2) is 0 Å². The van der Waals surface area contributed by atoms with Crippen LogP contribution in [0.15, 0.2) is 71.7 Å². The van der Waals surface area contributed by atoms with Crippen LogP contribution < -0.4 is 19.6 Å². The number of ether oxygens (including phenoxy) is 3. The van der Waals surface area contributed by atoms with Gasteiger partial charge in [0.25, 0.3) is 0 Å². The van der Waals surface area contributed by atoms with Crippen LogP contribution in [-0.2, 0) is 11.9 Å². The third-order valence-electron chi connectivity index (χ3n) is 5.48. The largest absolute Gasteiger partial charge is 0.497 e. The first-order valence-electron chi connectivity index (χ1n) is 10.4. The molecule has 0 aliphatic heterocycles. The number of alkyl halides is 1. The average Bonchev–Trinajstić information content (AvgIpc) is 2.87. The van der Waals surface area contributed by atoms with Gasteiger partial charge in [-0.1, -0.05) is 40.2 Å². The van der Waals surface area contributed by atoms with Crippen LogP contribution in [0.1, 0.15) is 21.5 Å². The Hall–Kier alpha value is -3.78. The van der Waals surface area contributed by atoms with E-state index in [0.717, 1.165) is 11.1 Å². The van der Waals surface area contributed by atoms with Gasteiger partial charge in [-0.25, -0.2) is 4.79 Å². The molecule has 4 aromatic rings. The third-order valence-corrected chi connectivity index (χ3v) is 6.08. The number of hydrogen-bond donors (Lipinski definition) is 1. The van der Waals surface area contributed by atoms with Crippen LogP contribution in [0.5, 0.6) is 17.2 Å². The van der Waals surface area contributed by atoms with Crippen LogP contribution in [0.25, 0.3) is 16.6 Å². The fraction of sp³-hybridized carbons (Fsp3) is 0.154. The Labute approximate surface area is 204 Å². The molecule has 1 aromatic heterocycles. The van der Waals surface area contributed by atoms with E-state index in [1.807, 2.05) is 24.3 Å². The maximum Gasteiger partial charge on any atom is 0.341 e. The molecule has 174 valence electrons. The second-order valence-electron chi connectivity index (χ2n) is 7.49. The molecule has 8 heteroatoms. The second-order valence-corrected chi connectivity index (χ2v) is 8.05. The van der Waals surface area contributed by atoms with Crippen LogP contribution in [0.2, 0.25) is 0 Å². The lowest BCUT2D eigenvalue weighted by atomic mass is 10.1. The first-order chi connectivity index (χ1) is 16.4. The molecule has 0 saturated heterocycles. The van der Waals surface area contributed by atoms with Crippen molar-refractivity contribution in [2.45, 2.75) is 11.9 Å². The molecule has 1 heterocycles. The summed E-state index contributed by atoms with van der Waals surface area (Å²) in [7, 11) is 3.07. The Morgan fingerprint density at radius 3 is 2.32 bits per heavy atom. The highest BCUT2D eigenvalue weighted by Gasteiger charge is 2.17. The summed E-state index contributed by atoms with van der Waals surface area (Å²) in [6.07, 6.45) is 1.31. The molecular formula is C26H22BrNO6. The second kappa shape index (κ2) is 10.0. The maximum absolute atomic E-state index is 12.8. The number of carboxylic acid groups (broad SMARTS) is 1. The van der Waals surface area contributed by atoms with Gasteiger partial charge in [0.1, 0.15) is 29.4 Å². The first kappa shape index (κ1) is 23.4. The highest BCUT2D eigenvalue weighted by molar-refractivity contribution is 9.08. The first-order valence-corrected chi connectivity index (χ1v) is 11.5. The van der Waals surface area contributed by atoms with Gasteiger partial charge in [-0.3, -0.25) is 4.79 Å². The van der Waals surface area contributed by atoms with E-state index in [4.69, 9.17) is 14.2 Å². The molecular weight excluding hydrogens is 502 g/mol. The van der Waals surface area contributed by atoms with Gasteiger partial charge in [-0.15, -0.1) is 0 Å². The number of carboxylic acids is 1. The van der Waals surface area contributed by atoms with Crippen LogP contribution in [-0.4, -0.2) is 29.9 Å². The smallest absolute Gasteiger partial charge is 0.341 e. The van der Waals surface area contributed by atoms with E-state index in [9.17, 15) is 14.7 Å². The molecule has 1 N–H and O–H groups in total. The lowest BCUT2D eigenvalue weighted by Gasteiger charge is -2.16. The van der Waals surface area contributed by atoms with Gasteiger partial charge in [-0.05, 0) is 23.3 Å². The van der Waals surface area contributed by atoms with E-state index in [1.54, 1.807) is 41.0 Å². The molecule has 0 spiro atoms. The van der Waals surface area contributed by atoms with E-state index in [1.165, 1.54) is 20.4 Å². The maximum atomic E-state index is 12.8. The van der Waals surface area contributed by atoms with Crippen molar-refractivity contribution in [3.63, 3.8) is 0 Å². The summed E-state index contributed by atoms with van der Waals surface area (Å²) >= 11 is 3.50. The number of hydrogen-bond acceptors (Lipinski definition) is 5. The minimum Gasteiger partial charge on any atom is -0.497 e. The standard InChI is InChI=1S/C26H22BrNO6/c1-32-19-7-8-22-24(12-19)28(14-23(25(22)29)26(30)31)18-9-20(33-2)11-21(10-18)34-15-17-6-4-3-5-16(17)13-27/h3-12,14H,13,15H2,1-2H3,(H,30,31). The van der Waals surface area contributed by atoms with Gasteiger partial charge in [0.2, 0.25) is 5.43 Å². The number of benzene rings is 3. The summed E-state index contributed by atoms with van der Waals surface area (Å²) in [4.78, 5) is 24.6. The van der Waals surface area contributed by atoms with Crippen molar-refractivity contribution in [2.75, 3.05) is 14.2 Å². The van der Waals surface area contributed by atoms with Crippen molar-refractivity contribution in [3.05, 3.63) is 93.8 Å². The molecule has 3 aromatic carbocycles. The van der Waals surface area contributed by atoms with Gasteiger partial charge in [0, 0.05) is 41.2 Å². The SMILES string of the molecule is COc1cc(OCc2ccccc2CBr)cc(-n2cc(C(=O)O)c(=O)c3ccc(OC)cc32)c1. The number of methoxy groups -OCH3 is 2. The molecule has 34 heavy (non-hydrogen) atoms. The minimum atomic E-state index is -1.30. The zero-order valence-electron chi connectivity index (χ0n) is 18.6. The Morgan fingerprint density at radius 1 is 0.941 bits per heavy atom. The van der Waals surface area contributed by atoms with Crippen molar-refractivity contribution in [1.29, 1.82) is 0 Å². The van der Waals surface area contributed by atoms with Crippen molar-refractivity contribution in [1.82, 2.24) is 4.57 Å². The zero-order valence-corrected chi connectivity index (χ0v) is 20.2. The molecule has 0 aliphatic carbocycles. The number of aromatic nitrogens is 1. The molecule has 0 bridgehead atoms. The molecule has 7 nitrogen and oxygen atoms in total. The number of halogens is 1. The van der Waals surface area contributed by atoms with Gasteiger partial charge in [0.05, 0.1) is 25.4 Å². The summed E-state index contributed by atoms with van der Waals surface area (Å²) in [5.74, 6) is 0.287. The molecule has 4 rings (SSSR count). The van der Waals surface area contributed by atoms with Gasteiger partial charge < -0.3 is 23.9 Å². The van der Waals surface area contributed by atoms with Crippen LogP contribution in [0.4, 0.5) is 0 Å². The molecule has 0 fully saturated rings. The summed E-state index contributed by atoms with van der Waals surface area (Å²) in [6, 6.07) is 18.1. The number of nitrogens with zero attached hydrogens (tertiary/aromatic N) is 1. The fourth-order valence-corrected chi connectivity index (χ4v) is 4.23. The van der Waals surface area contributed by atoms with Gasteiger partial charge >= 0.3 is 5.97 Å². The molecule has 0 amide bonds. The lowest BCUT2D eigenvalue weighted by Crippen LogP contribution is -2.18. The van der Waals surface area contributed by atoms with Crippen LogP contribution >= 0.6 is 15.9 Å². The number of rotatable bonds is 8. The Kier molecular flexibility index (Phi) is 6.88. The van der Waals surface area contributed by atoms with Crippen LogP contribution in [0.3, 0.4) is 0 Å². The predicted octanol–water partition coefficient (Wildman–Crippen LogP) is 5.18. The predicted molar refractivity (Wildman–Crippen MR) is 133 cm³/mol. The Morgan fingerprint density at radius 2 is 1.65 bits per heavy atom. The topological polar surface area (TPSA) is 87.0 Å². The van der Waals surface area contributed by atoms with E-state index >= 15 is 0 Å². The lowest BCUT2D eigenvalue weighted by molar-refractivity contribution is 0.0695. The zero-order chi connectivity index (χ0) is 24.2. The van der Waals surface area contributed by atoms with Crippen molar-refractivity contribution in [3.8, 4) is 22.9 Å². The van der Waals surface area contributed by atoms with E-state index in [2.05, 4.69) is 15.9 Å². The number of aromatic carboxylic acids is 1. The van der Waals surface area contributed by atoms with E-state index in [0.29, 0.717) is 40.4 Å². The molecule has 0 unspecified atom stereocenters. The van der Waals surface area contributed by atoms with E-state index in [-0.39, 0.29) is 10.9 Å². The number of carbonyl (C=O) groups is 1. The van der Waals surface area contributed by atoms with Crippen molar-refractivity contribution < 1.29 is 24.1 Å². The number of pyridine rings is 1. The quantitative estimate of drug-likeness (QED) is 0.320. The van der Waals surface area contributed by atoms with Gasteiger partial charge in [-0.2, -0.15) is 0 Å². The summed E-state index contributed by atoms with van der Waals surface area (Å²) in [5.41, 5.74) is 2.33. The van der Waals surface area contributed by atoms with E-state index < -0.39 is 11.4 Å². The third kappa shape index (κ3) is 4.63. The highest BCUT2D eigenvalue weighted by Crippen LogP contribution is 2.29. The van der Waals surface area contributed by atoms with Crippen LogP contribution in [0, 0.1) is 0 Å². The molecule has 0 radical (unpaired) electrons. The molecule has 0 aliphatic rings. The Balaban J connectivity index is 1.85. The van der Waals surface area contributed by atoms with Crippen molar-refractivity contribution >= 4 is 32.8 Å². The molecule has 0 atom stereocenters. The number of fused-ring (bicyclic) bond motifs is 1. The minimum absolute atomic E-state index is 0.261. The van der Waals surface area contributed by atoms with Crippen molar-refractivity contribution in [2.24, 2.45) is 0 Å². The normalized spacial score (nSPS) is 10.8. The summed E-state index contributed by atoms with van der Waals surface area (Å²) < 4.78 is 18.5. The molecule has 0 saturated carbocycles. The average molecular weight is 524 g/mol. The Bertz CT molecular complexity index is 1430. The summed E-state index contributed by atoms with van der Waals surface area (Å²) in [6.45, 7) is 0.341. The summed E-state index contributed by atoms with van der Waals surface area (Å²) in [5, 5.41) is 10.6. The monoisotopic (exact) mass is 523 g/mol.